The number of phosphoric acid groups is 3. The molecule has 0 spiro atoms. The predicted molar refractivity (Wildman–Crippen MR) is 121 cm³/mol. The quantitative estimate of drug-likeness (QED) is 0.100. The van der Waals surface area contributed by atoms with Crippen LogP contribution in [0.25, 0.3) is 0 Å². The minimum atomic E-state index is -5.44. The van der Waals surface area contributed by atoms with E-state index in [0.717, 1.165) is 0 Å². The van der Waals surface area contributed by atoms with Crippen molar-refractivity contribution in [2.45, 2.75) is 55.3 Å². The zero-order valence-electron chi connectivity index (χ0n) is 20.0. The van der Waals surface area contributed by atoms with Crippen LogP contribution in [0.3, 0.4) is 0 Å². The van der Waals surface area contributed by atoms with Crippen LogP contribution >= 0.6 is 23.5 Å². The van der Waals surface area contributed by atoms with E-state index in [1.54, 1.807) is 5.32 Å². The van der Waals surface area contributed by atoms with E-state index < -0.39 is 92.0 Å². The van der Waals surface area contributed by atoms with Gasteiger partial charge in [0.15, 0.2) is 18.2 Å². The smallest absolute Gasteiger partial charge is 0.387 e. The standard InChI is InChI=1S/C15H28N5O17P3/c16-12-7-13(18-3-17-12)20(4-19-7)14-11(36-38(25,26)27)9(22)6(34-14)2-33-40(30,31)37-39(28,29)32-1-5-8(21)10(23)15(24)35-5/h4-6,8-12,14-15,17-18,21-24H,1-3,16H2,(H,28,29)(H,30,31)(H2,25,26,27)/p+1/t5-,6-,8-,9-,10-,11-,12?,14-,15-/m1/s1. The molecule has 2 saturated heterocycles. The fraction of sp³-hybridized carbons (Fsp3) is 0.800. The van der Waals surface area contributed by atoms with Gasteiger partial charge in [0, 0.05) is 0 Å². The van der Waals surface area contributed by atoms with Gasteiger partial charge in [-0.05, 0) is 0 Å². The Labute approximate surface area is 224 Å². The van der Waals surface area contributed by atoms with E-state index in [1.807, 2.05) is 0 Å². The van der Waals surface area contributed by atoms with Crippen molar-refractivity contribution in [3.8, 4) is 0 Å². The molecule has 0 radical (unpaired) electrons. The van der Waals surface area contributed by atoms with Gasteiger partial charge in [-0.1, -0.05) is 0 Å². The van der Waals surface area contributed by atoms with Gasteiger partial charge in [0.2, 0.25) is 5.82 Å². The number of fused-ring (bicyclic) bond motifs is 1. The molecule has 1 aromatic heterocycles. The number of nitrogens with one attached hydrogen (secondary N) is 1. The van der Waals surface area contributed by atoms with Gasteiger partial charge in [-0.3, -0.25) is 23.5 Å². The van der Waals surface area contributed by atoms with E-state index >= 15 is 0 Å². The molecule has 11 atom stereocenters. The Bertz CT molecular complexity index is 1200. The average molecular weight is 644 g/mol. The maximum Gasteiger partial charge on any atom is 0.481 e. The number of aliphatic hydroxyl groups excluding tert-OH is 4. The Morgan fingerprint density at radius 1 is 1.00 bits per heavy atom. The summed E-state index contributed by atoms with van der Waals surface area (Å²) in [7, 11) is -16.0. The predicted octanol–water partition coefficient (Wildman–Crippen LogP) is -4.98. The Morgan fingerprint density at radius 2 is 1.60 bits per heavy atom. The monoisotopic (exact) mass is 644 g/mol. The number of nitrogens with two attached hydrogens (primary N) is 2. The summed E-state index contributed by atoms with van der Waals surface area (Å²) in [6.45, 7) is -1.67. The van der Waals surface area contributed by atoms with Crippen LogP contribution in [0.4, 0.5) is 5.82 Å². The molecule has 4 heterocycles. The Kier molecular flexibility index (Phi) is 9.70. The number of hydrogen-bond acceptors (Lipinski definition) is 16. The third-order valence-electron chi connectivity index (χ3n) is 5.98. The van der Waals surface area contributed by atoms with E-state index in [9.17, 15) is 53.7 Å². The molecule has 3 aliphatic heterocycles. The van der Waals surface area contributed by atoms with E-state index in [2.05, 4.69) is 23.7 Å². The molecule has 3 aliphatic rings. The highest BCUT2D eigenvalue weighted by molar-refractivity contribution is 7.61. The maximum absolute atomic E-state index is 12.3. The average Bonchev–Trinajstić information content (AvgIpc) is 3.47. The number of aliphatic hydroxyl groups is 4. The van der Waals surface area contributed by atoms with Crippen molar-refractivity contribution >= 4 is 29.3 Å². The summed E-state index contributed by atoms with van der Waals surface area (Å²) in [5.41, 5.74) is 6.28. The maximum atomic E-state index is 12.3. The number of rotatable bonds is 11. The molecule has 13 N–H and O–H groups in total. The summed E-state index contributed by atoms with van der Waals surface area (Å²) in [5.74, 6) is 0.384. The number of quaternary nitrogens is 1. The van der Waals surface area contributed by atoms with E-state index in [4.69, 9.17) is 19.7 Å². The van der Waals surface area contributed by atoms with Crippen molar-refractivity contribution in [3.05, 3.63) is 12.0 Å². The first-order valence-electron chi connectivity index (χ1n) is 11.3. The lowest BCUT2D eigenvalue weighted by molar-refractivity contribution is -0.588. The minimum Gasteiger partial charge on any atom is -0.387 e. The van der Waals surface area contributed by atoms with Gasteiger partial charge in [0.1, 0.15) is 55.8 Å². The Morgan fingerprint density at radius 3 is 2.15 bits per heavy atom. The second kappa shape index (κ2) is 12.1. The Hall–Kier alpha value is -0.780. The van der Waals surface area contributed by atoms with Crippen LogP contribution < -0.4 is 16.4 Å². The largest absolute Gasteiger partial charge is 0.481 e. The molecule has 0 aliphatic carbocycles. The molecular formula is C15H29N5O17P3+. The molecule has 0 aromatic carbocycles. The molecule has 40 heavy (non-hydrogen) atoms. The molecule has 1 aromatic rings. The van der Waals surface area contributed by atoms with Crippen molar-refractivity contribution in [1.82, 2.24) is 14.9 Å². The number of ether oxygens (including phenoxy) is 2. The first-order valence-corrected chi connectivity index (χ1v) is 15.8. The zero-order chi connectivity index (χ0) is 29.6. The summed E-state index contributed by atoms with van der Waals surface area (Å²) in [4.78, 5) is 42.5. The van der Waals surface area contributed by atoms with Gasteiger partial charge >= 0.3 is 23.5 Å². The highest BCUT2D eigenvalue weighted by atomic mass is 31.3. The highest BCUT2D eigenvalue weighted by Gasteiger charge is 2.51. The first-order chi connectivity index (χ1) is 18.5. The molecule has 22 nitrogen and oxygen atoms in total. The van der Waals surface area contributed by atoms with Crippen molar-refractivity contribution in [2.24, 2.45) is 5.73 Å². The summed E-state index contributed by atoms with van der Waals surface area (Å²) < 4.78 is 65.5. The van der Waals surface area contributed by atoms with Crippen LogP contribution in [0.2, 0.25) is 0 Å². The van der Waals surface area contributed by atoms with Crippen LogP contribution in [0.5, 0.6) is 0 Å². The van der Waals surface area contributed by atoms with Crippen LogP contribution in [0, 0.1) is 0 Å². The number of aromatic nitrogens is 2. The number of imidazole rings is 1. The fourth-order valence-corrected chi connectivity index (χ4v) is 6.78. The van der Waals surface area contributed by atoms with Gasteiger partial charge in [0.25, 0.3) is 0 Å². The normalized spacial score (nSPS) is 37.7. The number of nitrogens with zero attached hydrogens (tertiary/aromatic N) is 2. The van der Waals surface area contributed by atoms with Crippen LogP contribution in [-0.4, -0.2) is 112 Å². The van der Waals surface area contributed by atoms with Crippen LogP contribution in [-0.2, 0) is 41.1 Å². The van der Waals surface area contributed by atoms with Gasteiger partial charge in [-0.15, -0.1) is 0 Å². The molecule has 4 rings (SSSR count). The summed E-state index contributed by atoms with van der Waals surface area (Å²) >= 11 is 0. The molecule has 230 valence electrons. The molecule has 0 amide bonds. The lowest BCUT2D eigenvalue weighted by Gasteiger charge is -2.24. The van der Waals surface area contributed by atoms with Gasteiger partial charge in [0.05, 0.1) is 13.2 Å². The van der Waals surface area contributed by atoms with E-state index in [1.165, 1.54) is 10.9 Å². The second-order valence-electron chi connectivity index (χ2n) is 8.79. The van der Waals surface area contributed by atoms with Gasteiger partial charge in [-0.2, -0.15) is 4.31 Å². The highest BCUT2D eigenvalue weighted by Crippen LogP contribution is 2.61. The molecule has 0 bridgehead atoms. The third kappa shape index (κ3) is 7.40. The van der Waals surface area contributed by atoms with Crippen molar-refractivity contribution in [3.63, 3.8) is 0 Å². The SMILES string of the molecule is NC1NC[NH2+]c2c1ncn2[C@@H]1O[C@H](COP(=O)(O)OP(=O)(O)OC[C@H]2O[C@@H](O)[C@H](O)[C@@H]2O)[C@@H](O)[C@H]1OP(=O)(O)O. The van der Waals surface area contributed by atoms with E-state index in [0.29, 0.717) is 18.2 Å². The minimum absolute atomic E-state index is 0.299. The molecular weight excluding hydrogens is 615 g/mol. The zero-order valence-corrected chi connectivity index (χ0v) is 22.7. The van der Waals surface area contributed by atoms with Crippen molar-refractivity contribution < 1.29 is 86.4 Å². The van der Waals surface area contributed by atoms with Crippen LogP contribution in [0.15, 0.2) is 6.33 Å². The van der Waals surface area contributed by atoms with Gasteiger partial charge in [-0.25, -0.2) is 24.0 Å². The molecule has 3 unspecified atom stereocenters. The summed E-state index contributed by atoms with van der Waals surface area (Å²) in [6.07, 6.45) is -12.9. The lowest BCUT2D eigenvalue weighted by atomic mass is 10.1. The first kappa shape index (κ1) is 32.1. The topological polar surface area (TPSA) is 341 Å². The Balaban J connectivity index is 1.40. The second-order valence-corrected chi connectivity index (χ2v) is 13.0. The van der Waals surface area contributed by atoms with Crippen molar-refractivity contribution in [2.75, 3.05) is 19.9 Å². The third-order valence-corrected chi connectivity index (χ3v) is 9.10. The number of phosphoric ester groups is 3. The lowest BCUT2D eigenvalue weighted by Crippen LogP contribution is -2.85. The van der Waals surface area contributed by atoms with Crippen LogP contribution in [0.1, 0.15) is 18.1 Å². The molecule has 25 heteroatoms. The fourth-order valence-electron chi connectivity index (χ4n) is 4.15. The van der Waals surface area contributed by atoms with E-state index in [-0.39, 0.29) is 0 Å². The summed E-state index contributed by atoms with van der Waals surface area (Å²) in [5, 5.41) is 43.6. The summed E-state index contributed by atoms with van der Waals surface area (Å²) in [6, 6.07) is 0. The molecule has 0 saturated carbocycles. The van der Waals surface area contributed by atoms with Gasteiger partial charge < -0.3 is 55.2 Å². The number of hydrogen-bond donors (Lipinski definition) is 11. The molecule has 2 fully saturated rings. The van der Waals surface area contributed by atoms with Crippen molar-refractivity contribution in [1.29, 1.82) is 0 Å².